The summed E-state index contributed by atoms with van der Waals surface area (Å²) in [6.07, 6.45) is 3.14. The van der Waals surface area contributed by atoms with Crippen molar-refractivity contribution < 1.29 is 4.21 Å². The van der Waals surface area contributed by atoms with Gasteiger partial charge in [-0.25, -0.2) is 9.19 Å². The van der Waals surface area contributed by atoms with Gasteiger partial charge < -0.3 is 5.73 Å². The predicted octanol–water partition coefficient (Wildman–Crippen LogP) is 0.394. The van der Waals surface area contributed by atoms with E-state index >= 15 is 0 Å². The predicted molar refractivity (Wildman–Crippen MR) is 51.1 cm³/mol. The van der Waals surface area contributed by atoms with Gasteiger partial charge in [-0.05, 0) is 12.1 Å². The zero-order valence-electron chi connectivity index (χ0n) is 7.02. The fourth-order valence-corrected chi connectivity index (χ4v) is 1.09. The Morgan fingerprint density at radius 3 is 2.67 bits per heavy atom. The molecule has 1 rings (SSSR count). The maximum atomic E-state index is 11.0. The summed E-state index contributed by atoms with van der Waals surface area (Å²) in [7, 11) is 0.679. The second-order valence-electron chi connectivity index (χ2n) is 2.37. The number of rotatable bonds is 2. The molecule has 0 saturated heterocycles. The van der Waals surface area contributed by atoms with Crippen LogP contribution >= 0.6 is 0 Å². The van der Waals surface area contributed by atoms with E-state index in [1.165, 1.54) is 0 Å². The summed E-state index contributed by atoms with van der Waals surface area (Å²) < 4.78 is 12.6. The van der Waals surface area contributed by atoms with Gasteiger partial charge in [0.1, 0.15) is 16.8 Å². The van der Waals surface area contributed by atoms with Crippen molar-refractivity contribution in [1.82, 2.24) is 4.98 Å². The molecule has 0 aliphatic carbocycles. The van der Waals surface area contributed by atoms with Crippen molar-refractivity contribution in [2.45, 2.75) is 0 Å². The lowest BCUT2D eigenvalue weighted by atomic mass is 10.4. The molecule has 1 unspecified atom stereocenters. The number of hydrogen-bond acceptors (Lipinski definition) is 3. The van der Waals surface area contributed by atoms with Crippen LogP contribution in [0.2, 0.25) is 0 Å². The van der Waals surface area contributed by atoms with Crippen molar-refractivity contribution in [3.05, 3.63) is 18.3 Å². The first-order valence-electron chi connectivity index (χ1n) is 3.40. The Morgan fingerprint density at radius 2 is 2.25 bits per heavy atom. The van der Waals surface area contributed by atoms with E-state index in [9.17, 15) is 4.21 Å². The van der Waals surface area contributed by atoms with Gasteiger partial charge in [0, 0.05) is 13.3 Å². The highest BCUT2D eigenvalue weighted by Crippen LogP contribution is 2.10. The van der Waals surface area contributed by atoms with Gasteiger partial charge >= 0.3 is 0 Å². The van der Waals surface area contributed by atoms with E-state index in [0.29, 0.717) is 11.5 Å². The van der Waals surface area contributed by atoms with Gasteiger partial charge in [0.25, 0.3) is 0 Å². The summed E-state index contributed by atoms with van der Waals surface area (Å²) in [5.74, 6) is 0.657. The van der Waals surface area contributed by atoms with Crippen molar-refractivity contribution in [1.29, 1.82) is 0 Å². The number of nitrogen functional groups attached to an aromatic ring is 1. The molecule has 1 aromatic rings. The van der Waals surface area contributed by atoms with Crippen LogP contribution in [0.4, 0.5) is 11.5 Å². The molecule has 12 heavy (non-hydrogen) atoms. The highest BCUT2D eigenvalue weighted by molar-refractivity contribution is 7.85. The van der Waals surface area contributed by atoms with Crippen LogP contribution in [-0.4, -0.2) is 22.5 Å². The number of hydrogen-bond donors (Lipinski definition) is 1. The van der Waals surface area contributed by atoms with Crippen molar-refractivity contribution in [3.63, 3.8) is 0 Å². The molecule has 0 saturated carbocycles. The van der Waals surface area contributed by atoms with Crippen LogP contribution in [-0.2, 0) is 11.0 Å². The number of nitrogens with zero attached hydrogens (tertiary/aromatic N) is 2. The first kappa shape index (κ1) is 8.99. The second-order valence-corrected chi connectivity index (χ2v) is 3.77. The minimum Gasteiger partial charge on any atom is -0.397 e. The summed E-state index contributed by atoms with van der Waals surface area (Å²) in [5.41, 5.74) is 6.05. The molecule has 0 spiro atoms. The van der Waals surface area contributed by atoms with E-state index < -0.39 is 11.0 Å². The fraction of sp³-hybridized carbons (Fsp3) is 0.286. The average molecular weight is 185 g/mol. The Bertz CT molecular complexity index is 285. The highest BCUT2D eigenvalue weighted by atomic mass is 32.2. The van der Waals surface area contributed by atoms with E-state index in [-0.39, 0.29) is 0 Å². The van der Waals surface area contributed by atoms with Crippen molar-refractivity contribution in [2.75, 3.05) is 23.3 Å². The third kappa shape index (κ3) is 1.94. The summed E-state index contributed by atoms with van der Waals surface area (Å²) in [5, 5.41) is 0. The molecule has 0 radical (unpaired) electrons. The molecule has 0 aliphatic heterocycles. The number of nitrogens with two attached hydrogens (primary N) is 1. The lowest BCUT2D eigenvalue weighted by molar-refractivity contribution is 0.685. The van der Waals surface area contributed by atoms with E-state index in [4.69, 9.17) is 5.73 Å². The third-order valence-corrected chi connectivity index (χ3v) is 2.44. The Kier molecular flexibility index (Phi) is 2.65. The summed E-state index contributed by atoms with van der Waals surface area (Å²) in [6.45, 7) is 0. The average Bonchev–Trinajstić information content (AvgIpc) is 2.04. The van der Waals surface area contributed by atoms with Gasteiger partial charge in [0.2, 0.25) is 0 Å². The Balaban J connectivity index is 2.89. The van der Waals surface area contributed by atoms with Gasteiger partial charge in [-0.2, -0.15) is 0 Å². The molecular weight excluding hydrogens is 174 g/mol. The zero-order chi connectivity index (χ0) is 9.14. The minimum atomic E-state index is -1.04. The molecule has 0 aromatic carbocycles. The van der Waals surface area contributed by atoms with Gasteiger partial charge in [-0.3, -0.25) is 4.31 Å². The van der Waals surface area contributed by atoms with E-state index in [2.05, 4.69) is 4.98 Å². The van der Waals surface area contributed by atoms with Gasteiger partial charge in [-0.15, -0.1) is 0 Å². The first-order chi connectivity index (χ1) is 5.61. The lowest BCUT2D eigenvalue weighted by Crippen LogP contribution is -2.19. The van der Waals surface area contributed by atoms with E-state index in [1.54, 1.807) is 35.9 Å². The van der Waals surface area contributed by atoms with Crippen LogP contribution < -0.4 is 10.0 Å². The van der Waals surface area contributed by atoms with Crippen molar-refractivity contribution in [2.24, 2.45) is 0 Å². The molecule has 2 N–H and O–H groups in total. The van der Waals surface area contributed by atoms with Crippen LogP contribution in [0.1, 0.15) is 0 Å². The molecular formula is C7H11N3OS. The Labute approximate surface area is 74.0 Å². The van der Waals surface area contributed by atoms with Crippen LogP contribution in [0.3, 0.4) is 0 Å². The second kappa shape index (κ2) is 3.53. The van der Waals surface area contributed by atoms with Crippen LogP contribution in [0, 0.1) is 0 Å². The van der Waals surface area contributed by atoms with Gasteiger partial charge in [-0.1, -0.05) is 0 Å². The quantitative estimate of drug-likeness (QED) is 0.725. The lowest BCUT2D eigenvalue weighted by Gasteiger charge is -2.13. The first-order valence-corrected chi connectivity index (χ1v) is 4.91. The SMILES string of the molecule is CN(c1ccc(N)cn1)S(C)=O. The van der Waals surface area contributed by atoms with Crippen LogP contribution in [0.15, 0.2) is 18.3 Å². The third-order valence-electron chi connectivity index (χ3n) is 1.48. The molecule has 0 aliphatic rings. The number of pyridine rings is 1. The van der Waals surface area contributed by atoms with Gasteiger partial charge in [0.15, 0.2) is 0 Å². The molecule has 66 valence electrons. The molecule has 0 amide bonds. The smallest absolute Gasteiger partial charge is 0.140 e. The maximum absolute atomic E-state index is 11.0. The van der Waals surface area contributed by atoms with Crippen LogP contribution in [0.25, 0.3) is 0 Å². The number of anilines is 2. The van der Waals surface area contributed by atoms with E-state index in [0.717, 1.165) is 0 Å². The molecule has 1 heterocycles. The number of aromatic nitrogens is 1. The van der Waals surface area contributed by atoms with Crippen LogP contribution in [0.5, 0.6) is 0 Å². The fourth-order valence-electron chi connectivity index (χ4n) is 0.715. The topological polar surface area (TPSA) is 59.2 Å². The van der Waals surface area contributed by atoms with Crippen molar-refractivity contribution in [3.8, 4) is 0 Å². The minimum absolute atomic E-state index is 0.606. The summed E-state index contributed by atoms with van der Waals surface area (Å²) in [4.78, 5) is 4.01. The summed E-state index contributed by atoms with van der Waals surface area (Å²) in [6, 6.07) is 3.46. The maximum Gasteiger partial charge on any atom is 0.140 e. The monoisotopic (exact) mass is 185 g/mol. The molecule has 0 bridgehead atoms. The molecule has 5 heteroatoms. The molecule has 1 aromatic heterocycles. The zero-order valence-corrected chi connectivity index (χ0v) is 7.84. The normalized spacial score (nSPS) is 12.5. The Morgan fingerprint density at radius 1 is 1.58 bits per heavy atom. The van der Waals surface area contributed by atoms with Gasteiger partial charge in [0.05, 0.1) is 11.9 Å². The Hall–Kier alpha value is -1.10. The highest BCUT2D eigenvalue weighted by Gasteiger charge is 2.03. The molecule has 1 atom stereocenters. The largest absolute Gasteiger partial charge is 0.397 e. The molecule has 4 nitrogen and oxygen atoms in total. The summed E-state index contributed by atoms with van der Waals surface area (Å²) >= 11 is 0. The molecule has 0 fully saturated rings. The standard InChI is InChI=1S/C7H11N3OS/c1-10(12(2)11)7-4-3-6(8)5-9-7/h3-5H,8H2,1-2H3. The van der Waals surface area contributed by atoms with E-state index in [1.807, 2.05) is 0 Å². The van der Waals surface area contributed by atoms with Crippen molar-refractivity contribution >= 4 is 22.5 Å².